The van der Waals surface area contributed by atoms with Crippen LogP contribution in [0.4, 0.5) is 0 Å². The maximum Gasteiger partial charge on any atom is 0.261 e. The molecular formula is C11H19ClN4O2S. The molecule has 1 unspecified atom stereocenters. The van der Waals surface area contributed by atoms with Crippen LogP contribution in [0.1, 0.15) is 12.8 Å². The molecule has 1 aliphatic heterocycles. The van der Waals surface area contributed by atoms with Crippen LogP contribution in [0.2, 0.25) is 5.02 Å². The van der Waals surface area contributed by atoms with Gasteiger partial charge in [0.15, 0.2) is 5.03 Å². The van der Waals surface area contributed by atoms with Gasteiger partial charge in [0.1, 0.15) is 0 Å². The number of nitrogens with one attached hydrogen (secondary N) is 1. The number of nitrogens with zero attached hydrogens (tertiary/aromatic N) is 3. The molecule has 1 saturated heterocycles. The quantitative estimate of drug-likeness (QED) is 0.889. The highest BCUT2D eigenvalue weighted by Gasteiger charge is 2.29. The number of piperidine rings is 1. The average molecular weight is 307 g/mol. The van der Waals surface area contributed by atoms with Crippen molar-refractivity contribution in [2.45, 2.75) is 17.9 Å². The molecule has 0 bridgehead atoms. The average Bonchev–Trinajstić information content (AvgIpc) is 2.70. The van der Waals surface area contributed by atoms with Crippen LogP contribution in [0.3, 0.4) is 0 Å². The van der Waals surface area contributed by atoms with Crippen LogP contribution in [0.5, 0.6) is 0 Å². The fourth-order valence-electron chi connectivity index (χ4n) is 2.38. The highest BCUT2D eigenvalue weighted by molar-refractivity contribution is 7.89. The van der Waals surface area contributed by atoms with Crippen molar-refractivity contribution in [3.8, 4) is 0 Å². The first kappa shape index (κ1) is 14.8. The number of aromatic nitrogens is 2. The molecule has 108 valence electrons. The molecule has 6 nitrogen and oxygen atoms in total. The molecule has 1 aliphatic rings. The molecule has 2 rings (SSSR count). The van der Waals surface area contributed by atoms with E-state index in [-0.39, 0.29) is 10.0 Å². The molecule has 0 saturated carbocycles. The predicted octanol–water partition coefficient (Wildman–Crippen LogP) is 0.694. The second-order valence-electron chi connectivity index (χ2n) is 4.92. The van der Waals surface area contributed by atoms with Gasteiger partial charge in [-0.25, -0.2) is 8.42 Å². The molecule has 1 fully saturated rings. The summed E-state index contributed by atoms with van der Waals surface area (Å²) in [7, 11) is -0.414. The first-order chi connectivity index (χ1) is 8.93. The maximum absolute atomic E-state index is 12.5. The Morgan fingerprint density at radius 1 is 1.63 bits per heavy atom. The van der Waals surface area contributed by atoms with Crippen LogP contribution < -0.4 is 5.32 Å². The van der Waals surface area contributed by atoms with Crippen LogP contribution in [-0.2, 0) is 17.1 Å². The lowest BCUT2D eigenvalue weighted by atomic mass is 10.00. The maximum atomic E-state index is 12.5. The van der Waals surface area contributed by atoms with E-state index >= 15 is 0 Å². The largest absolute Gasteiger partial charge is 0.316 e. The molecule has 2 heterocycles. The summed E-state index contributed by atoms with van der Waals surface area (Å²) in [4.78, 5) is 0. The minimum atomic E-state index is -3.58. The highest BCUT2D eigenvalue weighted by Crippen LogP contribution is 2.24. The molecule has 0 amide bonds. The van der Waals surface area contributed by atoms with Crippen molar-refractivity contribution in [3.63, 3.8) is 0 Å². The topological polar surface area (TPSA) is 67.2 Å². The van der Waals surface area contributed by atoms with Gasteiger partial charge in [0.2, 0.25) is 0 Å². The summed E-state index contributed by atoms with van der Waals surface area (Å²) in [5.41, 5.74) is 0. The first-order valence-electron chi connectivity index (χ1n) is 6.27. The molecule has 0 spiro atoms. The van der Waals surface area contributed by atoms with Crippen molar-refractivity contribution >= 4 is 21.6 Å². The van der Waals surface area contributed by atoms with E-state index in [1.54, 1.807) is 14.1 Å². The van der Waals surface area contributed by atoms with E-state index in [0.29, 0.717) is 12.5 Å². The van der Waals surface area contributed by atoms with E-state index in [1.807, 2.05) is 0 Å². The summed E-state index contributed by atoms with van der Waals surface area (Å²) in [5.74, 6) is 0.348. The Balaban J connectivity index is 2.15. The second kappa shape index (κ2) is 5.78. The molecule has 1 aromatic rings. The van der Waals surface area contributed by atoms with Gasteiger partial charge in [-0.3, -0.25) is 4.68 Å². The number of halogens is 1. The lowest BCUT2D eigenvalue weighted by Gasteiger charge is -2.27. The second-order valence-corrected chi connectivity index (χ2v) is 7.29. The van der Waals surface area contributed by atoms with Crippen LogP contribution in [0.15, 0.2) is 11.2 Å². The van der Waals surface area contributed by atoms with Crippen molar-refractivity contribution < 1.29 is 8.42 Å². The van der Waals surface area contributed by atoms with Crippen LogP contribution in [0.25, 0.3) is 0 Å². The zero-order valence-corrected chi connectivity index (χ0v) is 12.7. The fourth-order valence-corrected chi connectivity index (χ4v) is 4.22. The third kappa shape index (κ3) is 3.10. The summed E-state index contributed by atoms with van der Waals surface area (Å²) < 4.78 is 27.6. The minimum Gasteiger partial charge on any atom is -0.316 e. The van der Waals surface area contributed by atoms with E-state index < -0.39 is 10.0 Å². The van der Waals surface area contributed by atoms with Gasteiger partial charge in [-0.05, 0) is 31.8 Å². The van der Waals surface area contributed by atoms with Gasteiger partial charge in [-0.2, -0.15) is 9.40 Å². The Morgan fingerprint density at radius 3 is 2.89 bits per heavy atom. The molecule has 1 atom stereocenters. The SMILES string of the molecule is CN(CC1CCCNC1)S(=O)(=O)c1c(Cl)cnn1C. The molecule has 0 radical (unpaired) electrons. The van der Waals surface area contributed by atoms with Gasteiger partial charge >= 0.3 is 0 Å². The van der Waals surface area contributed by atoms with Crippen molar-refractivity contribution in [1.82, 2.24) is 19.4 Å². The molecule has 19 heavy (non-hydrogen) atoms. The Hall–Kier alpha value is -0.630. The normalized spacial score (nSPS) is 20.9. The Morgan fingerprint density at radius 2 is 2.37 bits per heavy atom. The molecule has 1 aromatic heterocycles. The molecule has 8 heteroatoms. The number of rotatable bonds is 4. The third-order valence-corrected chi connectivity index (χ3v) is 5.74. The van der Waals surface area contributed by atoms with Gasteiger partial charge < -0.3 is 5.32 Å². The Kier molecular flexibility index (Phi) is 4.50. The molecule has 1 N–H and O–H groups in total. The highest BCUT2D eigenvalue weighted by atomic mass is 35.5. The molecule has 0 aliphatic carbocycles. The summed E-state index contributed by atoms with van der Waals surface area (Å²) in [6, 6.07) is 0. The lowest BCUT2D eigenvalue weighted by Crippen LogP contribution is -2.39. The first-order valence-corrected chi connectivity index (χ1v) is 8.09. The van der Waals surface area contributed by atoms with E-state index in [2.05, 4.69) is 10.4 Å². The van der Waals surface area contributed by atoms with E-state index in [4.69, 9.17) is 11.6 Å². The minimum absolute atomic E-state index is 0.0560. The lowest BCUT2D eigenvalue weighted by molar-refractivity contribution is 0.313. The van der Waals surface area contributed by atoms with Crippen LogP contribution in [-0.4, -0.2) is 49.2 Å². The summed E-state index contributed by atoms with van der Waals surface area (Å²) in [6.07, 6.45) is 3.49. The van der Waals surface area contributed by atoms with Crippen molar-refractivity contribution in [3.05, 3.63) is 11.2 Å². The summed E-state index contributed by atoms with van der Waals surface area (Å²) in [5, 5.41) is 7.38. The number of aryl methyl sites for hydroxylation is 1. The third-order valence-electron chi connectivity index (χ3n) is 3.41. The monoisotopic (exact) mass is 306 g/mol. The van der Waals surface area contributed by atoms with Crippen molar-refractivity contribution in [2.75, 3.05) is 26.7 Å². The van der Waals surface area contributed by atoms with Crippen LogP contribution >= 0.6 is 11.6 Å². The van der Waals surface area contributed by atoms with E-state index in [0.717, 1.165) is 25.9 Å². The number of hydrogen-bond acceptors (Lipinski definition) is 4. The summed E-state index contributed by atoms with van der Waals surface area (Å²) >= 11 is 5.91. The molecular weight excluding hydrogens is 288 g/mol. The fraction of sp³-hybridized carbons (Fsp3) is 0.727. The van der Waals surface area contributed by atoms with Gasteiger partial charge in [0.05, 0.1) is 11.2 Å². The Bertz CT molecular complexity index is 517. The van der Waals surface area contributed by atoms with E-state index in [9.17, 15) is 8.42 Å². The van der Waals surface area contributed by atoms with Gasteiger partial charge in [-0.15, -0.1) is 0 Å². The van der Waals surface area contributed by atoms with E-state index in [1.165, 1.54) is 15.2 Å². The van der Waals surface area contributed by atoms with Crippen molar-refractivity contribution in [1.29, 1.82) is 0 Å². The standard InChI is InChI=1S/C11H19ClN4O2S/c1-15(8-9-4-3-5-13-6-9)19(17,18)11-10(12)7-14-16(11)2/h7,9,13H,3-6,8H2,1-2H3. The van der Waals surface area contributed by atoms with Gasteiger partial charge in [0, 0.05) is 20.6 Å². The summed E-state index contributed by atoms with van der Waals surface area (Å²) in [6.45, 7) is 2.37. The van der Waals surface area contributed by atoms with Gasteiger partial charge in [0.25, 0.3) is 10.0 Å². The van der Waals surface area contributed by atoms with Crippen molar-refractivity contribution in [2.24, 2.45) is 13.0 Å². The number of sulfonamides is 1. The predicted molar refractivity (Wildman–Crippen MR) is 73.6 cm³/mol. The van der Waals surface area contributed by atoms with Crippen LogP contribution in [0, 0.1) is 5.92 Å². The van der Waals surface area contributed by atoms with Gasteiger partial charge in [-0.1, -0.05) is 11.6 Å². The zero-order valence-electron chi connectivity index (χ0n) is 11.1. The molecule has 0 aromatic carbocycles. The Labute approximate surface area is 118 Å². The smallest absolute Gasteiger partial charge is 0.261 e. The number of hydrogen-bond donors (Lipinski definition) is 1. The zero-order chi connectivity index (χ0) is 14.0.